The van der Waals surface area contributed by atoms with E-state index in [1.165, 1.54) is 14.0 Å². The monoisotopic (exact) mass is 343 g/mol. The molecular weight excluding hydrogens is 322 g/mol. The number of amides is 2. The van der Waals surface area contributed by atoms with Gasteiger partial charge in [-0.1, -0.05) is 0 Å². The molecule has 0 atom stereocenters. The molecule has 2 amide bonds. The molecule has 132 valence electrons. The first-order valence-electron chi connectivity index (χ1n) is 7.65. The zero-order chi connectivity index (χ0) is 18.2. The highest BCUT2D eigenvalue weighted by molar-refractivity contribution is 5.94. The summed E-state index contributed by atoms with van der Waals surface area (Å²) in [5.41, 5.74) is 2.09. The molecule has 0 radical (unpaired) electrons. The Balaban J connectivity index is 1.89. The zero-order valence-electron chi connectivity index (χ0n) is 14.4. The van der Waals surface area contributed by atoms with Gasteiger partial charge < -0.3 is 25.4 Å². The van der Waals surface area contributed by atoms with Gasteiger partial charge in [-0.2, -0.15) is 0 Å². The maximum atomic E-state index is 12.0. The SMILES string of the molecule is COc1ccc(NC(=O)CNc2ccc(NC(C)=O)cc2)cc1OC. The van der Waals surface area contributed by atoms with Crippen LogP contribution in [0.15, 0.2) is 42.5 Å². The van der Waals surface area contributed by atoms with Crippen LogP contribution in [0.3, 0.4) is 0 Å². The van der Waals surface area contributed by atoms with Crippen LogP contribution in [0, 0.1) is 0 Å². The fourth-order valence-corrected chi connectivity index (χ4v) is 2.18. The molecule has 0 aromatic heterocycles. The van der Waals surface area contributed by atoms with Gasteiger partial charge in [0.2, 0.25) is 11.8 Å². The lowest BCUT2D eigenvalue weighted by Gasteiger charge is -2.11. The van der Waals surface area contributed by atoms with Crippen LogP contribution < -0.4 is 25.4 Å². The highest BCUT2D eigenvalue weighted by atomic mass is 16.5. The normalized spacial score (nSPS) is 9.88. The van der Waals surface area contributed by atoms with Gasteiger partial charge in [0.05, 0.1) is 20.8 Å². The minimum absolute atomic E-state index is 0.105. The van der Waals surface area contributed by atoms with Gasteiger partial charge in [-0.3, -0.25) is 9.59 Å². The second-order valence-corrected chi connectivity index (χ2v) is 5.23. The van der Waals surface area contributed by atoms with Crippen LogP contribution in [-0.4, -0.2) is 32.6 Å². The van der Waals surface area contributed by atoms with Gasteiger partial charge in [-0.05, 0) is 36.4 Å². The van der Waals surface area contributed by atoms with Crippen LogP contribution in [0.5, 0.6) is 11.5 Å². The predicted octanol–water partition coefficient (Wildman–Crippen LogP) is 2.71. The van der Waals surface area contributed by atoms with Crippen LogP contribution in [0.2, 0.25) is 0 Å². The summed E-state index contributed by atoms with van der Waals surface area (Å²) in [7, 11) is 3.09. The third kappa shape index (κ3) is 5.42. The van der Waals surface area contributed by atoms with E-state index in [4.69, 9.17) is 9.47 Å². The average molecular weight is 343 g/mol. The second-order valence-electron chi connectivity index (χ2n) is 5.23. The summed E-state index contributed by atoms with van der Waals surface area (Å²) in [5.74, 6) is 0.813. The molecule has 0 aliphatic rings. The molecule has 7 nitrogen and oxygen atoms in total. The molecule has 0 fully saturated rings. The van der Waals surface area contributed by atoms with Crippen molar-refractivity contribution in [1.29, 1.82) is 0 Å². The van der Waals surface area contributed by atoms with Crippen LogP contribution >= 0.6 is 0 Å². The van der Waals surface area contributed by atoms with Crippen LogP contribution in [-0.2, 0) is 9.59 Å². The Labute approximate surface area is 146 Å². The maximum absolute atomic E-state index is 12.0. The first-order valence-corrected chi connectivity index (χ1v) is 7.65. The van der Waals surface area contributed by atoms with E-state index in [-0.39, 0.29) is 18.4 Å². The lowest BCUT2D eigenvalue weighted by molar-refractivity contribution is -0.115. The Morgan fingerprint density at radius 3 is 2.04 bits per heavy atom. The van der Waals surface area contributed by atoms with Crippen molar-refractivity contribution in [2.45, 2.75) is 6.92 Å². The minimum atomic E-state index is -0.196. The van der Waals surface area contributed by atoms with Gasteiger partial charge in [-0.15, -0.1) is 0 Å². The number of benzene rings is 2. The molecule has 0 bridgehead atoms. The molecule has 0 saturated heterocycles. The third-order valence-corrected chi connectivity index (χ3v) is 3.33. The Morgan fingerprint density at radius 1 is 0.840 bits per heavy atom. The van der Waals surface area contributed by atoms with E-state index in [0.29, 0.717) is 22.9 Å². The summed E-state index contributed by atoms with van der Waals surface area (Å²) in [6.07, 6.45) is 0. The molecule has 3 N–H and O–H groups in total. The van der Waals surface area contributed by atoms with Gasteiger partial charge in [-0.25, -0.2) is 0 Å². The minimum Gasteiger partial charge on any atom is -0.493 e. The summed E-state index contributed by atoms with van der Waals surface area (Å²) in [4.78, 5) is 23.0. The highest BCUT2D eigenvalue weighted by Crippen LogP contribution is 2.29. The molecule has 0 spiro atoms. The Morgan fingerprint density at radius 2 is 1.44 bits per heavy atom. The van der Waals surface area contributed by atoms with Crippen LogP contribution in [0.4, 0.5) is 17.1 Å². The van der Waals surface area contributed by atoms with Crippen molar-refractivity contribution in [3.05, 3.63) is 42.5 Å². The molecule has 2 aromatic rings. The lowest BCUT2D eigenvalue weighted by Crippen LogP contribution is -2.21. The number of carbonyl (C=O) groups excluding carboxylic acids is 2. The largest absolute Gasteiger partial charge is 0.493 e. The Bertz CT molecular complexity index is 744. The lowest BCUT2D eigenvalue weighted by atomic mass is 10.2. The van der Waals surface area contributed by atoms with Crippen LogP contribution in [0.25, 0.3) is 0 Å². The van der Waals surface area contributed by atoms with Crippen molar-refractivity contribution in [2.24, 2.45) is 0 Å². The van der Waals surface area contributed by atoms with Crippen molar-refractivity contribution in [1.82, 2.24) is 0 Å². The van der Waals surface area contributed by atoms with Gasteiger partial charge >= 0.3 is 0 Å². The number of hydrogen-bond acceptors (Lipinski definition) is 5. The van der Waals surface area contributed by atoms with E-state index in [1.54, 1.807) is 49.6 Å². The van der Waals surface area contributed by atoms with E-state index in [1.807, 2.05) is 0 Å². The van der Waals surface area contributed by atoms with Gasteiger partial charge in [0.25, 0.3) is 0 Å². The molecule has 0 saturated carbocycles. The number of ether oxygens (including phenoxy) is 2. The molecule has 0 unspecified atom stereocenters. The molecule has 0 aliphatic heterocycles. The van der Waals surface area contributed by atoms with Crippen molar-refractivity contribution in [3.8, 4) is 11.5 Å². The van der Waals surface area contributed by atoms with Crippen LogP contribution in [0.1, 0.15) is 6.92 Å². The smallest absolute Gasteiger partial charge is 0.243 e. The number of anilines is 3. The number of nitrogens with one attached hydrogen (secondary N) is 3. The van der Waals surface area contributed by atoms with E-state index in [2.05, 4.69) is 16.0 Å². The van der Waals surface area contributed by atoms with E-state index >= 15 is 0 Å². The first-order chi connectivity index (χ1) is 12.0. The molecule has 2 rings (SSSR count). The summed E-state index contributed by atoms with van der Waals surface area (Å²) in [6.45, 7) is 1.55. The quantitative estimate of drug-likeness (QED) is 0.719. The maximum Gasteiger partial charge on any atom is 0.243 e. The number of rotatable bonds is 7. The van der Waals surface area contributed by atoms with Gasteiger partial charge in [0.1, 0.15) is 0 Å². The number of carbonyl (C=O) groups is 2. The van der Waals surface area contributed by atoms with E-state index in [9.17, 15) is 9.59 Å². The Hall–Kier alpha value is -3.22. The number of hydrogen-bond donors (Lipinski definition) is 3. The molecule has 0 heterocycles. The van der Waals surface area contributed by atoms with Crippen molar-refractivity contribution < 1.29 is 19.1 Å². The zero-order valence-corrected chi connectivity index (χ0v) is 14.4. The molecular formula is C18H21N3O4. The topological polar surface area (TPSA) is 88.7 Å². The first kappa shape index (κ1) is 18.1. The molecule has 7 heteroatoms. The summed E-state index contributed by atoms with van der Waals surface area (Å²) < 4.78 is 10.4. The molecule has 25 heavy (non-hydrogen) atoms. The highest BCUT2D eigenvalue weighted by Gasteiger charge is 2.07. The predicted molar refractivity (Wildman–Crippen MR) is 97.4 cm³/mol. The fourth-order valence-electron chi connectivity index (χ4n) is 2.18. The van der Waals surface area contributed by atoms with Crippen molar-refractivity contribution >= 4 is 28.9 Å². The standard InChI is InChI=1S/C18H21N3O4/c1-12(22)20-14-6-4-13(5-7-14)19-11-18(23)21-15-8-9-16(24-2)17(10-15)25-3/h4-10,19H,11H2,1-3H3,(H,20,22)(H,21,23). The van der Waals surface area contributed by atoms with E-state index in [0.717, 1.165) is 5.69 Å². The van der Waals surface area contributed by atoms with Gasteiger partial charge in [0.15, 0.2) is 11.5 Å². The second kappa shape index (κ2) is 8.58. The molecule has 0 aliphatic carbocycles. The molecule has 2 aromatic carbocycles. The number of methoxy groups -OCH3 is 2. The summed E-state index contributed by atoms with van der Waals surface area (Å²) >= 11 is 0. The summed E-state index contributed by atoms with van der Waals surface area (Å²) in [6, 6.07) is 12.2. The average Bonchev–Trinajstić information content (AvgIpc) is 2.60. The van der Waals surface area contributed by atoms with Crippen molar-refractivity contribution in [2.75, 3.05) is 36.7 Å². The van der Waals surface area contributed by atoms with Gasteiger partial charge in [0, 0.05) is 30.1 Å². The Kier molecular flexibility index (Phi) is 6.22. The van der Waals surface area contributed by atoms with Crippen molar-refractivity contribution in [3.63, 3.8) is 0 Å². The fraction of sp³-hybridized carbons (Fsp3) is 0.222. The summed E-state index contributed by atoms with van der Waals surface area (Å²) in [5, 5.41) is 8.48. The van der Waals surface area contributed by atoms with E-state index < -0.39 is 0 Å². The third-order valence-electron chi connectivity index (χ3n) is 3.33.